The lowest BCUT2D eigenvalue weighted by Crippen LogP contribution is -2.22. The van der Waals surface area contributed by atoms with E-state index in [0.29, 0.717) is 35.8 Å². The Morgan fingerprint density at radius 2 is 1.78 bits per heavy atom. The molecule has 2 aromatic rings. The SMILES string of the molecule is COc1ccc(-c2cccc3c2COC3=O)c(OCC(C)(C)CCCCC(=O)O)c1OC. The molecule has 0 atom stereocenters. The molecule has 2 aromatic carbocycles. The standard InChI is InChI=1S/C25H30O7/c1-25(2,13-6-5-10-21(26)27)15-32-22-17(11-12-20(29-3)23(22)30-4)16-8-7-9-18-19(16)14-31-24(18)28/h7-9,11-12H,5-6,10,13-15H2,1-4H3,(H,26,27). The number of unbranched alkanes of at least 4 members (excludes halogenated alkanes) is 1. The Bertz CT molecular complexity index is 994. The van der Waals surface area contributed by atoms with E-state index in [-0.39, 0.29) is 24.4 Å². The Hall–Kier alpha value is -3.22. The number of fused-ring (bicyclic) bond motifs is 1. The second-order valence-corrected chi connectivity index (χ2v) is 8.64. The molecule has 1 N–H and O–H groups in total. The van der Waals surface area contributed by atoms with E-state index in [2.05, 4.69) is 13.8 Å². The van der Waals surface area contributed by atoms with Gasteiger partial charge < -0.3 is 24.1 Å². The average molecular weight is 443 g/mol. The molecule has 0 radical (unpaired) electrons. The summed E-state index contributed by atoms with van der Waals surface area (Å²) in [6.07, 6.45) is 2.43. The van der Waals surface area contributed by atoms with E-state index in [4.69, 9.17) is 24.1 Å². The van der Waals surface area contributed by atoms with Crippen LogP contribution in [0.4, 0.5) is 0 Å². The number of aliphatic carboxylic acids is 1. The number of carboxylic acids is 1. The van der Waals surface area contributed by atoms with Gasteiger partial charge in [0.25, 0.3) is 0 Å². The molecule has 0 spiro atoms. The summed E-state index contributed by atoms with van der Waals surface area (Å²) >= 11 is 0. The fourth-order valence-corrected chi connectivity index (χ4v) is 3.87. The molecular formula is C25H30O7. The van der Waals surface area contributed by atoms with Crippen molar-refractivity contribution in [1.29, 1.82) is 0 Å². The van der Waals surface area contributed by atoms with Crippen molar-refractivity contribution in [2.45, 2.75) is 46.1 Å². The van der Waals surface area contributed by atoms with Crippen molar-refractivity contribution < 1.29 is 33.6 Å². The third-order valence-corrected chi connectivity index (χ3v) is 5.64. The van der Waals surface area contributed by atoms with E-state index in [0.717, 1.165) is 29.5 Å². The van der Waals surface area contributed by atoms with Crippen LogP contribution >= 0.6 is 0 Å². The van der Waals surface area contributed by atoms with E-state index in [1.807, 2.05) is 24.3 Å². The predicted octanol–water partition coefficient (Wildman–Crippen LogP) is 5.09. The Morgan fingerprint density at radius 3 is 2.47 bits per heavy atom. The van der Waals surface area contributed by atoms with Gasteiger partial charge in [-0.25, -0.2) is 4.79 Å². The molecule has 1 heterocycles. The number of carbonyl (C=O) groups is 2. The average Bonchev–Trinajstić information content (AvgIpc) is 3.15. The van der Waals surface area contributed by atoms with Crippen molar-refractivity contribution >= 4 is 11.9 Å². The molecule has 0 fully saturated rings. The summed E-state index contributed by atoms with van der Waals surface area (Å²) in [4.78, 5) is 22.8. The van der Waals surface area contributed by atoms with Gasteiger partial charge in [-0.15, -0.1) is 0 Å². The molecule has 7 heteroatoms. The zero-order chi connectivity index (χ0) is 23.3. The Kier molecular flexibility index (Phi) is 7.28. The van der Waals surface area contributed by atoms with Gasteiger partial charge >= 0.3 is 11.9 Å². The van der Waals surface area contributed by atoms with Crippen molar-refractivity contribution in [2.24, 2.45) is 5.41 Å². The number of benzene rings is 2. The minimum atomic E-state index is -0.775. The molecule has 7 nitrogen and oxygen atoms in total. The zero-order valence-electron chi connectivity index (χ0n) is 19.0. The summed E-state index contributed by atoms with van der Waals surface area (Å²) in [6, 6.07) is 9.24. The topological polar surface area (TPSA) is 91.3 Å². The summed E-state index contributed by atoms with van der Waals surface area (Å²) in [5.41, 5.74) is 2.84. The minimum absolute atomic E-state index is 0.171. The van der Waals surface area contributed by atoms with Gasteiger partial charge in [0.2, 0.25) is 5.75 Å². The molecule has 0 aromatic heterocycles. The number of esters is 1. The molecule has 32 heavy (non-hydrogen) atoms. The molecule has 0 saturated heterocycles. The second kappa shape index (κ2) is 9.94. The molecule has 0 aliphatic carbocycles. The first kappa shape index (κ1) is 23.4. The number of hydrogen-bond acceptors (Lipinski definition) is 6. The first-order chi connectivity index (χ1) is 15.3. The summed E-state index contributed by atoms with van der Waals surface area (Å²) < 4.78 is 22.7. The lowest BCUT2D eigenvalue weighted by atomic mass is 9.88. The molecule has 0 bridgehead atoms. The molecule has 0 unspecified atom stereocenters. The highest BCUT2D eigenvalue weighted by Gasteiger charge is 2.28. The number of rotatable bonds is 11. The summed E-state index contributed by atoms with van der Waals surface area (Å²) in [5, 5.41) is 8.84. The van der Waals surface area contributed by atoms with Crippen LogP contribution in [-0.2, 0) is 16.1 Å². The second-order valence-electron chi connectivity index (χ2n) is 8.64. The number of hydrogen-bond donors (Lipinski definition) is 1. The molecular weight excluding hydrogens is 412 g/mol. The van der Waals surface area contributed by atoms with E-state index in [1.165, 1.54) is 0 Å². The van der Waals surface area contributed by atoms with Crippen LogP contribution in [0, 0.1) is 5.41 Å². The monoisotopic (exact) mass is 442 g/mol. The molecule has 1 aliphatic rings. The summed E-state index contributed by atoms with van der Waals surface area (Å²) in [6.45, 7) is 4.80. The van der Waals surface area contributed by atoms with Gasteiger partial charge in [-0.3, -0.25) is 4.79 Å². The van der Waals surface area contributed by atoms with E-state index < -0.39 is 5.97 Å². The van der Waals surface area contributed by atoms with Gasteiger partial charge in [-0.1, -0.05) is 32.4 Å². The van der Waals surface area contributed by atoms with Crippen molar-refractivity contribution in [2.75, 3.05) is 20.8 Å². The third kappa shape index (κ3) is 5.15. The molecule has 0 amide bonds. The van der Waals surface area contributed by atoms with E-state index >= 15 is 0 Å². The van der Waals surface area contributed by atoms with Crippen LogP contribution in [-0.4, -0.2) is 37.9 Å². The van der Waals surface area contributed by atoms with Gasteiger partial charge in [0.1, 0.15) is 6.61 Å². The Morgan fingerprint density at radius 1 is 1.03 bits per heavy atom. The normalized spacial score (nSPS) is 12.8. The first-order valence-electron chi connectivity index (χ1n) is 10.7. The largest absolute Gasteiger partial charge is 0.493 e. The van der Waals surface area contributed by atoms with Crippen LogP contribution in [0.25, 0.3) is 11.1 Å². The smallest absolute Gasteiger partial charge is 0.338 e. The van der Waals surface area contributed by atoms with Crippen molar-refractivity contribution in [3.63, 3.8) is 0 Å². The quantitative estimate of drug-likeness (QED) is 0.383. The maximum Gasteiger partial charge on any atom is 0.338 e. The van der Waals surface area contributed by atoms with Gasteiger partial charge in [0, 0.05) is 17.5 Å². The third-order valence-electron chi connectivity index (χ3n) is 5.64. The summed E-state index contributed by atoms with van der Waals surface area (Å²) in [7, 11) is 3.13. The maximum atomic E-state index is 12.0. The van der Waals surface area contributed by atoms with Gasteiger partial charge in [0.15, 0.2) is 11.5 Å². The van der Waals surface area contributed by atoms with Gasteiger partial charge in [-0.2, -0.15) is 0 Å². The predicted molar refractivity (Wildman–Crippen MR) is 119 cm³/mol. The van der Waals surface area contributed by atoms with Crippen LogP contribution in [0.15, 0.2) is 30.3 Å². The van der Waals surface area contributed by atoms with Gasteiger partial charge in [-0.05, 0) is 42.0 Å². The lowest BCUT2D eigenvalue weighted by molar-refractivity contribution is -0.137. The highest BCUT2D eigenvalue weighted by atomic mass is 16.5. The Balaban J connectivity index is 1.91. The van der Waals surface area contributed by atoms with Gasteiger partial charge in [0.05, 0.1) is 26.4 Å². The van der Waals surface area contributed by atoms with Crippen molar-refractivity contribution in [1.82, 2.24) is 0 Å². The highest BCUT2D eigenvalue weighted by Crippen LogP contribution is 2.47. The van der Waals surface area contributed by atoms with E-state index in [9.17, 15) is 9.59 Å². The van der Waals surface area contributed by atoms with Crippen LogP contribution in [0.3, 0.4) is 0 Å². The molecule has 3 rings (SSSR count). The Labute approximate surface area is 188 Å². The molecule has 0 saturated carbocycles. The number of methoxy groups -OCH3 is 2. The van der Waals surface area contributed by atoms with Crippen molar-refractivity contribution in [3.8, 4) is 28.4 Å². The molecule has 1 aliphatic heterocycles. The maximum absolute atomic E-state index is 12.0. The minimum Gasteiger partial charge on any atom is -0.493 e. The van der Waals surface area contributed by atoms with E-state index in [1.54, 1.807) is 20.3 Å². The zero-order valence-corrected chi connectivity index (χ0v) is 19.0. The number of carbonyl (C=O) groups excluding carboxylic acids is 1. The molecule has 172 valence electrons. The number of cyclic esters (lactones) is 1. The fourth-order valence-electron chi connectivity index (χ4n) is 3.87. The highest BCUT2D eigenvalue weighted by molar-refractivity contribution is 5.96. The summed E-state index contributed by atoms with van der Waals surface area (Å²) in [5.74, 6) is 0.466. The fraction of sp³-hybridized carbons (Fsp3) is 0.440. The first-order valence-corrected chi connectivity index (χ1v) is 10.7. The lowest BCUT2D eigenvalue weighted by Gasteiger charge is -2.27. The van der Waals surface area contributed by atoms with Crippen LogP contribution in [0.1, 0.15) is 55.5 Å². The van der Waals surface area contributed by atoms with Crippen molar-refractivity contribution in [3.05, 3.63) is 41.5 Å². The number of carboxylic acid groups (broad SMARTS) is 1. The number of ether oxygens (including phenoxy) is 4. The van der Waals surface area contributed by atoms with Crippen LogP contribution in [0.2, 0.25) is 0 Å². The van der Waals surface area contributed by atoms with Crippen LogP contribution in [0.5, 0.6) is 17.2 Å². The van der Waals surface area contributed by atoms with Crippen LogP contribution < -0.4 is 14.2 Å².